The van der Waals surface area contributed by atoms with E-state index in [-0.39, 0.29) is 29.9 Å². The van der Waals surface area contributed by atoms with Crippen molar-refractivity contribution in [2.75, 3.05) is 4.90 Å². The summed E-state index contributed by atoms with van der Waals surface area (Å²) in [6.07, 6.45) is 0.716. The summed E-state index contributed by atoms with van der Waals surface area (Å²) >= 11 is 1.11. The normalized spacial score (nSPS) is 17.6. The predicted molar refractivity (Wildman–Crippen MR) is 92.3 cm³/mol. The van der Waals surface area contributed by atoms with Crippen LogP contribution in [0.1, 0.15) is 39.8 Å². The van der Waals surface area contributed by atoms with E-state index in [9.17, 15) is 14.4 Å². The van der Waals surface area contributed by atoms with Gasteiger partial charge in [0.2, 0.25) is 11.8 Å². The Bertz CT molecular complexity index is 841. The minimum atomic E-state index is -0.371. The number of amides is 2. The second-order valence-electron chi connectivity index (χ2n) is 6.13. The average molecular weight is 342 g/mol. The lowest BCUT2D eigenvalue weighted by Crippen LogP contribution is -2.30. The summed E-state index contributed by atoms with van der Waals surface area (Å²) in [6.45, 7) is 5.17. The second kappa shape index (κ2) is 6.28. The summed E-state index contributed by atoms with van der Waals surface area (Å²) < 4.78 is 0. The van der Waals surface area contributed by atoms with E-state index in [1.165, 1.54) is 6.92 Å². The van der Waals surface area contributed by atoms with Crippen molar-refractivity contribution in [3.05, 3.63) is 46.0 Å². The zero-order valence-electron chi connectivity index (χ0n) is 13.8. The van der Waals surface area contributed by atoms with Crippen LogP contribution in [0.3, 0.4) is 0 Å². The molecule has 0 N–H and O–H groups in total. The van der Waals surface area contributed by atoms with Gasteiger partial charge in [0.1, 0.15) is 0 Å². The summed E-state index contributed by atoms with van der Waals surface area (Å²) in [7, 11) is 0. The highest BCUT2D eigenvalue weighted by atomic mass is 32.1. The SMILES string of the molecule is CC(=O)c1sc(N2C(=O)CC(Cc3cccc(C)c3)C2=O)nc1C. The number of hydrogen-bond donors (Lipinski definition) is 0. The number of Topliss-reactive ketones (excluding diaryl/α,β-unsaturated/α-hetero) is 1. The van der Waals surface area contributed by atoms with Crippen molar-refractivity contribution in [2.24, 2.45) is 5.92 Å². The van der Waals surface area contributed by atoms with Crippen LogP contribution in [0.15, 0.2) is 24.3 Å². The summed E-state index contributed by atoms with van der Waals surface area (Å²) in [4.78, 5) is 42.5. The van der Waals surface area contributed by atoms with E-state index in [4.69, 9.17) is 0 Å². The molecule has 0 spiro atoms. The minimum absolute atomic E-state index is 0.105. The molecule has 0 radical (unpaired) electrons. The molecule has 124 valence electrons. The number of hydrogen-bond acceptors (Lipinski definition) is 5. The van der Waals surface area contributed by atoms with Crippen LogP contribution in [0, 0.1) is 19.8 Å². The number of nitrogens with zero attached hydrogens (tertiary/aromatic N) is 2. The summed E-state index contributed by atoms with van der Waals surface area (Å²) in [5.41, 5.74) is 2.73. The number of imide groups is 1. The molecule has 3 rings (SSSR count). The van der Waals surface area contributed by atoms with Crippen molar-refractivity contribution >= 4 is 34.1 Å². The zero-order valence-corrected chi connectivity index (χ0v) is 14.6. The van der Waals surface area contributed by atoms with Gasteiger partial charge >= 0.3 is 0 Å². The fourth-order valence-electron chi connectivity index (χ4n) is 2.98. The lowest BCUT2D eigenvalue weighted by molar-refractivity contribution is -0.122. The maximum Gasteiger partial charge on any atom is 0.239 e. The lowest BCUT2D eigenvalue weighted by atomic mass is 9.97. The van der Waals surface area contributed by atoms with Crippen molar-refractivity contribution < 1.29 is 14.4 Å². The van der Waals surface area contributed by atoms with Crippen LogP contribution in [-0.2, 0) is 16.0 Å². The van der Waals surface area contributed by atoms with E-state index in [1.807, 2.05) is 31.2 Å². The quantitative estimate of drug-likeness (QED) is 0.632. The van der Waals surface area contributed by atoms with Gasteiger partial charge in [-0.05, 0) is 25.8 Å². The van der Waals surface area contributed by atoms with Crippen LogP contribution in [0.5, 0.6) is 0 Å². The second-order valence-corrected chi connectivity index (χ2v) is 7.11. The molecular formula is C18H18N2O3S. The average Bonchev–Trinajstić information content (AvgIpc) is 3.00. The van der Waals surface area contributed by atoms with Crippen LogP contribution in [0.25, 0.3) is 0 Å². The first-order valence-corrected chi connectivity index (χ1v) is 8.59. The van der Waals surface area contributed by atoms with Gasteiger partial charge in [0.05, 0.1) is 16.5 Å². The summed E-state index contributed by atoms with van der Waals surface area (Å²) in [5.74, 6) is -0.956. The zero-order chi connectivity index (χ0) is 17.4. The number of ketones is 1. The molecular weight excluding hydrogens is 324 g/mol. The Balaban J connectivity index is 1.84. The van der Waals surface area contributed by atoms with Gasteiger partial charge in [-0.1, -0.05) is 41.2 Å². The van der Waals surface area contributed by atoms with E-state index in [0.29, 0.717) is 22.1 Å². The lowest BCUT2D eigenvalue weighted by Gasteiger charge is -2.11. The summed E-state index contributed by atoms with van der Waals surface area (Å²) in [5, 5.41) is 0.305. The standard InChI is InChI=1S/C18H18N2O3S/c1-10-5-4-6-13(7-10)8-14-9-15(22)20(17(14)23)18-19-11(2)16(24-18)12(3)21/h4-7,14H,8-9H2,1-3H3. The fraction of sp³-hybridized carbons (Fsp3) is 0.333. The predicted octanol–water partition coefficient (Wildman–Crippen LogP) is 3.08. The van der Waals surface area contributed by atoms with Gasteiger partial charge in [-0.15, -0.1) is 0 Å². The van der Waals surface area contributed by atoms with E-state index in [0.717, 1.165) is 27.4 Å². The monoisotopic (exact) mass is 342 g/mol. The number of aryl methyl sites for hydroxylation is 2. The molecule has 24 heavy (non-hydrogen) atoms. The topological polar surface area (TPSA) is 67.3 Å². The van der Waals surface area contributed by atoms with Gasteiger partial charge in [-0.2, -0.15) is 0 Å². The minimum Gasteiger partial charge on any atom is -0.294 e. The first kappa shape index (κ1) is 16.5. The molecule has 1 unspecified atom stereocenters. The van der Waals surface area contributed by atoms with Crippen LogP contribution in [0.2, 0.25) is 0 Å². The van der Waals surface area contributed by atoms with Gasteiger partial charge in [0.15, 0.2) is 10.9 Å². The number of carbonyl (C=O) groups is 3. The van der Waals surface area contributed by atoms with Crippen LogP contribution in [-0.4, -0.2) is 22.6 Å². The van der Waals surface area contributed by atoms with E-state index < -0.39 is 0 Å². The first-order chi connectivity index (χ1) is 11.4. The highest BCUT2D eigenvalue weighted by Crippen LogP contribution is 2.33. The van der Waals surface area contributed by atoms with Gasteiger partial charge in [-0.3, -0.25) is 14.4 Å². The largest absolute Gasteiger partial charge is 0.294 e. The molecule has 1 aliphatic rings. The Hall–Kier alpha value is -2.34. The third-order valence-electron chi connectivity index (χ3n) is 4.10. The Kier molecular flexibility index (Phi) is 4.32. The molecule has 2 heterocycles. The highest BCUT2D eigenvalue weighted by Gasteiger charge is 2.41. The third kappa shape index (κ3) is 3.01. The molecule has 6 heteroatoms. The molecule has 5 nitrogen and oxygen atoms in total. The Morgan fingerprint density at radius 3 is 2.71 bits per heavy atom. The van der Waals surface area contributed by atoms with Gasteiger partial charge < -0.3 is 0 Å². The molecule has 1 saturated heterocycles. The Labute approximate surface area is 144 Å². The van der Waals surface area contributed by atoms with E-state index in [2.05, 4.69) is 4.98 Å². The van der Waals surface area contributed by atoms with Gasteiger partial charge in [0.25, 0.3) is 0 Å². The summed E-state index contributed by atoms with van der Waals surface area (Å²) in [6, 6.07) is 7.95. The van der Waals surface area contributed by atoms with Crippen molar-refractivity contribution in [3.8, 4) is 0 Å². The Morgan fingerprint density at radius 1 is 1.33 bits per heavy atom. The third-order valence-corrected chi connectivity index (χ3v) is 5.34. The molecule has 1 aromatic carbocycles. The maximum absolute atomic E-state index is 12.7. The molecule has 0 bridgehead atoms. The maximum atomic E-state index is 12.7. The van der Waals surface area contributed by atoms with Crippen molar-refractivity contribution in [1.82, 2.24) is 4.98 Å². The van der Waals surface area contributed by atoms with E-state index >= 15 is 0 Å². The number of carbonyl (C=O) groups excluding carboxylic acids is 3. The van der Waals surface area contributed by atoms with Crippen molar-refractivity contribution in [3.63, 3.8) is 0 Å². The Morgan fingerprint density at radius 2 is 2.08 bits per heavy atom. The van der Waals surface area contributed by atoms with Crippen LogP contribution < -0.4 is 4.90 Å². The van der Waals surface area contributed by atoms with Crippen LogP contribution in [0.4, 0.5) is 5.13 Å². The molecule has 1 aromatic heterocycles. The number of benzene rings is 1. The molecule has 1 aliphatic heterocycles. The number of aromatic nitrogens is 1. The van der Waals surface area contributed by atoms with Crippen molar-refractivity contribution in [2.45, 2.75) is 33.6 Å². The molecule has 0 aliphatic carbocycles. The number of thiazole rings is 1. The molecule has 1 fully saturated rings. The first-order valence-electron chi connectivity index (χ1n) is 7.77. The number of anilines is 1. The molecule has 2 amide bonds. The molecule has 0 saturated carbocycles. The van der Waals surface area contributed by atoms with E-state index in [1.54, 1.807) is 6.92 Å². The highest BCUT2D eigenvalue weighted by molar-refractivity contribution is 7.18. The molecule has 2 aromatic rings. The smallest absolute Gasteiger partial charge is 0.239 e. The molecule has 1 atom stereocenters. The fourth-order valence-corrected chi connectivity index (χ4v) is 3.97. The van der Waals surface area contributed by atoms with Gasteiger partial charge in [0, 0.05) is 13.3 Å². The van der Waals surface area contributed by atoms with Gasteiger partial charge in [-0.25, -0.2) is 9.88 Å². The van der Waals surface area contributed by atoms with Crippen LogP contribution >= 0.6 is 11.3 Å². The van der Waals surface area contributed by atoms with Crippen molar-refractivity contribution in [1.29, 1.82) is 0 Å². The number of rotatable bonds is 4.